The van der Waals surface area contributed by atoms with Crippen molar-refractivity contribution < 1.29 is 9.66 Å². The van der Waals surface area contributed by atoms with Gasteiger partial charge in [-0.1, -0.05) is 22.2 Å². The second-order valence-electron chi connectivity index (χ2n) is 3.43. The molecule has 1 heterocycles. The number of para-hydroxylation sites is 1. The highest BCUT2D eigenvalue weighted by molar-refractivity contribution is 7.10. The molecule has 2 aromatic rings. The highest BCUT2D eigenvalue weighted by Crippen LogP contribution is 2.35. The molecule has 0 atom stereocenters. The molecule has 0 fully saturated rings. The van der Waals surface area contributed by atoms with Crippen LogP contribution in [0.25, 0.3) is 0 Å². The Hall–Kier alpha value is -1.93. The van der Waals surface area contributed by atoms with Gasteiger partial charge in [-0.15, -0.1) is 5.10 Å². The van der Waals surface area contributed by atoms with Gasteiger partial charge >= 0.3 is 5.69 Å². The van der Waals surface area contributed by atoms with Crippen LogP contribution >= 0.6 is 23.1 Å². The van der Waals surface area contributed by atoms with Gasteiger partial charge < -0.3 is 10.1 Å². The Labute approximate surface area is 117 Å². The molecule has 0 spiro atoms. The van der Waals surface area contributed by atoms with Gasteiger partial charge in [-0.2, -0.15) is 0 Å². The Morgan fingerprint density at radius 3 is 3.05 bits per heavy atom. The van der Waals surface area contributed by atoms with Crippen LogP contribution in [0.5, 0.6) is 5.75 Å². The highest BCUT2D eigenvalue weighted by Gasteiger charge is 2.19. The summed E-state index contributed by atoms with van der Waals surface area (Å²) in [4.78, 5) is 10.3. The molecule has 9 heteroatoms. The lowest BCUT2D eigenvalue weighted by Crippen LogP contribution is -2.02. The first-order valence-corrected chi connectivity index (χ1v) is 6.33. The quantitative estimate of drug-likeness (QED) is 0.674. The molecule has 2 rings (SSSR count). The fourth-order valence-corrected chi connectivity index (χ4v) is 2.16. The van der Waals surface area contributed by atoms with Crippen molar-refractivity contribution >= 4 is 33.8 Å². The first-order valence-electron chi connectivity index (χ1n) is 5.18. The van der Waals surface area contributed by atoms with E-state index in [1.807, 2.05) is 0 Å². The average molecular weight is 301 g/mol. The number of nitro groups is 1. The van der Waals surface area contributed by atoms with Crippen molar-refractivity contribution in [1.82, 2.24) is 9.59 Å². The molecule has 7 nitrogen and oxygen atoms in total. The molecular weight excluding hydrogens is 292 g/mol. The zero-order chi connectivity index (χ0) is 13.8. The summed E-state index contributed by atoms with van der Waals surface area (Å²) in [7, 11) is 1.73. The maximum absolute atomic E-state index is 10.9. The van der Waals surface area contributed by atoms with Crippen molar-refractivity contribution in [3.05, 3.63) is 39.0 Å². The third-order valence-corrected chi connectivity index (χ3v) is 3.36. The number of anilines is 1. The van der Waals surface area contributed by atoms with Gasteiger partial charge in [0.05, 0.1) is 9.95 Å². The number of halogens is 1. The molecule has 0 aliphatic rings. The Balaban J connectivity index is 2.22. The molecule has 0 amide bonds. The van der Waals surface area contributed by atoms with Crippen molar-refractivity contribution in [1.29, 1.82) is 0 Å². The molecule has 0 saturated carbocycles. The number of benzene rings is 1. The van der Waals surface area contributed by atoms with E-state index in [0.717, 1.165) is 5.00 Å². The maximum atomic E-state index is 10.9. The van der Waals surface area contributed by atoms with E-state index < -0.39 is 4.92 Å². The van der Waals surface area contributed by atoms with Gasteiger partial charge in [0.1, 0.15) is 17.3 Å². The minimum atomic E-state index is -0.542. The first kappa shape index (κ1) is 13.5. The number of hydrogen-bond donors (Lipinski definition) is 1. The Bertz CT molecular complexity index is 604. The van der Waals surface area contributed by atoms with E-state index in [4.69, 9.17) is 16.3 Å². The minimum Gasteiger partial charge on any atom is -0.479 e. The van der Waals surface area contributed by atoms with E-state index >= 15 is 0 Å². The van der Waals surface area contributed by atoms with Crippen LogP contribution in [-0.4, -0.2) is 21.6 Å². The van der Waals surface area contributed by atoms with Crippen molar-refractivity contribution in [2.75, 3.05) is 12.4 Å². The van der Waals surface area contributed by atoms with E-state index in [2.05, 4.69) is 14.9 Å². The number of nitrogens with zero attached hydrogens (tertiary/aromatic N) is 3. The molecule has 1 aromatic heterocycles. The van der Waals surface area contributed by atoms with Crippen LogP contribution in [0.4, 0.5) is 10.7 Å². The van der Waals surface area contributed by atoms with Crippen LogP contribution in [0.15, 0.2) is 18.2 Å². The number of nitro benzene ring substituents is 1. The normalized spacial score (nSPS) is 10.2. The predicted molar refractivity (Wildman–Crippen MR) is 71.9 cm³/mol. The third-order valence-electron chi connectivity index (χ3n) is 2.28. The summed E-state index contributed by atoms with van der Waals surface area (Å²) >= 11 is 7.09. The molecular formula is C10H9ClN4O3S. The summed E-state index contributed by atoms with van der Waals surface area (Å²) < 4.78 is 9.17. The summed E-state index contributed by atoms with van der Waals surface area (Å²) in [6.07, 6.45) is 0. The summed E-state index contributed by atoms with van der Waals surface area (Å²) in [5.74, 6) is 0.0317. The van der Waals surface area contributed by atoms with Crippen LogP contribution in [0, 0.1) is 10.1 Å². The second-order valence-corrected chi connectivity index (χ2v) is 4.59. The van der Waals surface area contributed by atoms with Gasteiger partial charge in [0.15, 0.2) is 0 Å². The summed E-state index contributed by atoms with van der Waals surface area (Å²) in [5.41, 5.74) is 0.392. The summed E-state index contributed by atoms with van der Waals surface area (Å²) in [6.45, 7) is 0.0528. The fraction of sp³-hybridized carbons (Fsp3) is 0.200. The van der Waals surface area contributed by atoms with Gasteiger partial charge in [-0.25, -0.2) is 0 Å². The van der Waals surface area contributed by atoms with Gasteiger partial charge in [0.2, 0.25) is 5.75 Å². The fourth-order valence-electron chi connectivity index (χ4n) is 1.42. The van der Waals surface area contributed by atoms with E-state index in [1.165, 1.54) is 29.7 Å². The molecule has 0 radical (unpaired) electrons. The Morgan fingerprint density at radius 1 is 1.58 bits per heavy atom. The minimum absolute atomic E-state index is 0.0317. The summed E-state index contributed by atoms with van der Waals surface area (Å²) in [5, 5.41) is 18.6. The molecule has 0 bridgehead atoms. The lowest BCUT2D eigenvalue weighted by molar-refractivity contribution is -0.385. The van der Waals surface area contributed by atoms with Crippen LogP contribution in [0.3, 0.4) is 0 Å². The molecule has 100 valence electrons. The Morgan fingerprint density at radius 2 is 2.37 bits per heavy atom. The monoisotopic (exact) mass is 300 g/mol. The van der Waals surface area contributed by atoms with Crippen molar-refractivity contribution in [3.63, 3.8) is 0 Å². The number of ether oxygens (including phenoxy) is 1. The number of rotatable bonds is 5. The topological polar surface area (TPSA) is 90.2 Å². The summed E-state index contributed by atoms with van der Waals surface area (Å²) in [6, 6.07) is 4.36. The van der Waals surface area contributed by atoms with Crippen molar-refractivity contribution in [2.24, 2.45) is 0 Å². The second kappa shape index (κ2) is 5.81. The first-order chi connectivity index (χ1) is 9.13. The number of nitrogens with one attached hydrogen (secondary N) is 1. The van der Waals surface area contributed by atoms with E-state index in [9.17, 15) is 10.1 Å². The molecule has 0 saturated heterocycles. The van der Waals surface area contributed by atoms with Gasteiger partial charge in [0, 0.05) is 24.6 Å². The van der Waals surface area contributed by atoms with Gasteiger partial charge in [0.25, 0.3) is 0 Å². The average Bonchev–Trinajstić information content (AvgIpc) is 2.84. The maximum Gasteiger partial charge on any atom is 0.312 e. The molecule has 1 aromatic carbocycles. The van der Waals surface area contributed by atoms with E-state index in [1.54, 1.807) is 7.05 Å². The zero-order valence-corrected chi connectivity index (χ0v) is 11.4. The molecule has 1 N–H and O–H groups in total. The highest BCUT2D eigenvalue weighted by atomic mass is 35.5. The van der Waals surface area contributed by atoms with Crippen LogP contribution in [0.1, 0.15) is 5.69 Å². The Kier molecular flexibility index (Phi) is 4.13. The van der Waals surface area contributed by atoms with Crippen LogP contribution in [0.2, 0.25) is 5.02 Å². The standard InChI is InChI=1S/C10H9ClN4O3S/c1-12-10-7(13-14-19-10)5-18-9-6(11)3-2-4-8(9)15(16)17/h2-4,12H,5H2,1H3. The smallest absolute Gasteiger partial charge is 0.312 e. The zero-order valence-electron chi connectivity index (χ0n) is 9.79. The molecule has 0 aliphatic carbocycles. The number of hydrogen-bond acceptors (Lipinski definition) is 7. The van der Waals surface area contributed by atoms with Crippen molar-refractivity contribution in [3.8, 4) is 5.75 Å². The molecule has 0 aliphatic heterocycles. The van der Waals surface area contributed by atoms with E-state index in [0.29, 0.717) is 5.69 Å². The predicted octanol–water partition coefficient (Wildman–Crippen LogP) is 2.72. The van der Waals surface area contributed by atoms with Gasteiger partial charge in [-0.3, -0.25) is 10.1 Å². The largest absolute Gasteiger partial charge is 0.479 e. The SMILES string of the molecule is CNc1snnc1COc1c(Cl)cccc1[N+](=O)[O-]. The number of aromatic nitrogens is 2. The van der Waals surface area contributed by atoms with Crippen LogP contribution < -0.4 is 10.1 Å². The third kappa shape index (κ3) is 2.91. The van der Waals surface area contributed by atoms with Crippen molar-refractivity contribution in [2.45, 2.75) is 6.61 Å². The molecule has 19 heavy (non-hydrogen) atoms. The van der Waals surface area contributed by atoms with Crippen LogP contribution in [-0.2, 0) is 6.61 Å². The van der Waals surface area contributed by atoms with E-state index in [-0.39, 0.29) is 23.1 Å². The molecule has 0 unspecified atom stereocenters. The lowest BCUT2D eigenvalue weighted by atomic mass is 10.3. The van der Waals surface area contributed by atoms with Gasteiger partial charge in [-0.05, 0) is 6.07 Å². The lowest BCUT2D eigenvalue weighted by Gasteiger charge is -2.07.